The summed E-state index contributed by atoms with van der Waals surface area (Å²) in [6, 6.07) is 1.09. The van der Waals surface area contributed by atoms with Gasteiger partial charge in [0.25, 0.3) is 0 Å². The number of alkyl halides is 3. The molecule has 1 aromatic carbocycles. The summed E-state index contributed by atoms with van der Waals surface area (Å²) < 4.78 is 41.7. The highest BCUT2D eigenvalue weighted by atomic mass is 35.5. The molecule has 8 heteroatoms. The van der Waals surface area contributed by atoms with Crippen molar-refractivity contribution in [1.29, 1.82) is 0 Å². The van der Waals surface area contributed by atoms with Crippen molar-refractivity contribution in [1.82, 2.24) is 0 Å². The average Bonchev–Trinajstić information content (AvgIpc) is 2.13. The summed E-state index contributed by atoms with van der Waals surface area (Å²) in [5.74, 6) is -2.64. The van der Waals surface area contributed by atoms with Crippen molar-refractivity contribution in [2.45, 2.75) is 6.18 Å². The van der Waals surface area contributed by atoms with Crippen LogP contribution in [0.4, 0.5) is 13.2 Å². The maximum atomic E-state index is 12.4. The highest BCUT2D eigenvalue weighted by Crippen LogP contribution is 2.40. The lowest BCUT2D eigenvalue weighted by Gasteiger charge is -2.12. The number of aromatic hydroxyl groups is 1. The van der Waals surface area contributed by atoms with Gasteiger partial charge in [0.2, 0.25) is 0 Å². The van der Waals surface area contributed by atoms with Crippen molar-refractivity contribution in [3.8, 4) is 11.5 Å². The molecule has 94 valence electrons. The second kappa shape index (κ2) is 4.70. The van der Waals surface area contributed by atoms with Crippen LogP contribution in [0.2, 0.25) is 5.02 Å². The zero-order chi connectivity index (χ0) is 13.2. The average molecular weight is 271 g/mol. The van der Waals surface area contributed by atoms with Crippen molar-refractivity contribution in [3.63, 3.8) is 0 Å². The molecular weight excluding hydrogens is 265 g/mol. The first kappa shape index (κ1) is 13.4. The van der Waals surface area contributed by atoms with E-state index in [9.17, 15) is 23.1 Å². The number of phenols is 1. The Morgan fingerprint density at radius 1 is 1.41 bits per heavy atom. The molecule has 1 rings (SSSR count). The zero-order valence-corrected chi connectivity index (χ0v) is 8.84. The van der Waals surface area contributed by atoms with Crippen LogP contribution in [-0.2, 0) is 11.0 Å². The lowest BCUT2D eigenvalue weighted by atomic mass is 10.2. The second-order valence-corrected chi connectivity index (χ2v) is 3.39. The molecule has 0 aromatic heterocycles. The molecule has 0 fully saturated rings. The number of hydrogen-bond acceptors (Lipinski definition) is 3. The molecule has 0 aliphatic heterocycles. The molecule has 2 N–H and O–H groups in total. The van der Waals surface area contributed by atoms with Crippen LogP contribution in [0.25, 0.3) is 0 Å². The Hall–Kier alpha value is -1.63. The predicted molar refractivity (Wildman–Crippen MR) is 51.2 cm³/mol. The predicted octanol–water partition coefficient (Wildman–Crippen LogP) is 2.53. The van der Waals surface area contributed by atoms with E-state index in [2.05, 4.69) is 4.74 Å². The van der Waals surface area contributed by atoms with Crippen molar-refractivity contribution < 1.29 is 32.9 Å². The number of rotatable bonds is 3. The fourth-order valence-corrected chi connectivity index (χ4v) is 1.28. The van der Waals surface area contributed by atoms with Gasteiger partial charge in [-0.1, -0.05) is 11.6 Å². The largest absolute Gasteiger partial charge is 0.504 e. The molecule has 4 nitrogen and oxygen atoms in total. The lowest BCUT2D eigenvalue weighted by Crippen LogP contribution is -2.11. The monoisotopic (exact) mass is 270 g/mol. The fraction of sp³-hybridized carbons (Fsp3) is 0.222. The number of benzene rings is 1. The van der Waals surface area contributed by atoms with Crippen molar-refractivity contribution in [2.24, 2.45) is 0 Å². The number of carboxylic acid groups (broad SMARTS) is 1. The molecule has 0 unspecified atom stereocenters. The Morgan fingerprint density at radius 2 is 2.00 bits per heavy atom. The summed E-state index contributed by atoms with van der Waals surface area (Å²) in [4.78, 5) is 10.2. The molecule has 0 aliphatic carbocycles. The number of aliphatic carboxylic acids is 1. The summed E-state index contributed by atoms with van der Waals surface area (Å²) in [6.07, 6.45) is -4.72. The number of carbonyl (C=O) groups is 1. The standard InChI is InChI=1S/C9H6ClF3O4/c10-5-2-6(14)7(17-3-8(15)16)1-4(5)9(11,12)13/h1-2,14H,3H2,(H,15,16). The van der Waals surface area contributed by atoms with E-state index < -0.39 is 40.8 Å². The Kier molecular flexibility index (Phi) is 3.72. The molecule has 0 saturated heterocycles. The van der Waals surface area contributed by atoms with E-state index in [-0.39, 0.29) is 0 Å². The van der Waals surface area contributed by atoms with Gasteiger partial charge in [-0.2, -0.15) is 13.2 Å². The molecular formula is C9H6ClF3O4. The number of hydrogen-bond donors (Lipinski definition) is 2. The normalized spacial score (nSPS) is 11.3. The van der Waals surface area contributed by atoms with Gasteiger partial charge in [0.1, 0.15) is 0 Å². The van der Waals surface area contributed by atoms with Crippen LogP contribution in [0.15, 0.2) is 12.1 Å². The molecule has 0 saturated carbocycles. The van der Waals surface area contributed by atoms with Gasteiger partial charge in [-0.05, 0) is 6.07 Å². The molecule has 0 amide bonds. The van der Waals surface area contributed by atoms with Crippen molar-refractivity contribution in [3.05, 3.63) is 22.7 Å². The van der Waals surface area contributed by atoms with Gasteiger partial charge in [0.05, 0.1) is 10.6 Å². The Labute approximate surface area is 98.2 Å². The van der Waals surface area contributed by atoms with E-state index in [1.807, 2.05) is 0 Å². The highest BCUT2D eigenvalue weighted by molar-refractivity contribution is 6.31. The van der Waals surface area contributed by atoms with Gasteiger partial charge in [-0.25, -0.2) is 4.79 Å². The number of phenolic OH excluding ortho intramolecular Hbond substituents is 1. The Morgan fingerprint density at radius 3 is 2.47 bits per heavy atom. The quantitative estimate of drug-likeness (QED) is 0.886. The third-order valence-corrected chi connectivity index (χ3v) is 2.02. The van der Waals surface area contributed by atoms with E-state index >= 15 is 0 Å². The summed E-state index contributed by atoms with van der Waals surface area (Å²) in [5.41, 5.74) is -1.21. The number of carboxylic acids is 1. The maximum absolute atomic E-state index is 12.4. The van der Waals surface area contributed by atoms with Gasteiger partial charge in [-0.3, -0.25) is 0 Å². The van der Waals surface area contributed by atoms with E-state index in [0.717, 1.165) is 0 Å². The van der Waals surface area contributed by atoms with Gasteiger partial charge >= 0.3 is 12.1 Å². The minimum Gasteiger partial charge on any atom is -0.504 e. The minimum atomic E-state index is -4.72. The summed E-state index contributed by atoms with van der Waals surface area (Å²) in [5, 5.41) is 16.8. The maximum Gasteiger partial charge on any atom is 0.417 e. The second-order valence-electron chi connectivity index (χ2n) is 2.98. The Balaban J connectivity index is 3.11. The summed E-state index contributed by atoms with van der Waals surface area (Å²) in [7, 11) is 0. The SMILES string of the molecule is O=C(O)COc1cc(C(F)(F)F)c(Cl)cc1O. The fourth-order valence-electron chi connectivity index (χ4n) is 1.02. The number of halogens is 4. The third-order valence-electron chi connectivity index (χ3n) is 1.71. The Bertz CT molecular complexity index is 445. The van der Waals surface area contributed by atoms with Crippen LogP contribution in [0, 0.1) is 0 Å². The first-order chi connectivity index (χ1) is 7.71. The van der Waals surface area contributed by atoms with E-state index in [1.54, 1.807) is 0 Å². The first-order valence-corrected chi connectivity index (χ1v) is 4.54. The van der Waals surface area contributed by atoms with Crippen LogP contribution in [0.5, 0.6) is 11.5 Å². The number of ether oxygens (including phenoxy) is 1. The first-order valence-electron chi connectivity index (χ1n) is 4.16. The molecule has 0 atom stereocenters. The zero-order valence-electron chi connectivity index (χ0n) is 8.08. The molecule has 1 aromatic rings. The topological polar surface area (TPSA) is 66.8 Å². The molecule has 0 spiro atoms. The molecule has 0 aliphatic rings. The van der Waals surface area contributed by atoms with Gasteiger partial charge in [-0.15, -0.1) is 0 Å². The van der Waals surface area contributed by atoms with Crippen molar-refractivity contribution >= 4 is 17.6 Å². The lowest BCUT2D eigenvalue weighted by molar-refractivity contribution is -0.139. The van der Waals surface area contributed by atoms with Gasteiger partial charge < -0.3 is 14.9 Å². The van der Waals surface area contributed by atoms with E-state index in [0.29, 0.717) is 12.1 Å². The molecule has 0 bridgehead atoms. The van der Waals surface area contributed by atoms with Crippen LogP contribution in [0.3, 0.4) is 0 Å². The van der Waals surface area contributed by atoms with E-state index in [4.69, 9.17) is 16.7 Å². The minimum absolute atomic E-state index is 0.445. The van der Waals surface area contributed by atoms with Crippen LogP contribution in [0.1, 0.15) is 5.56 Å². The van der Waals surface area contributed by atoms with E-state index in [1.165, 1.54) is 0 Å². The van der Waals surface area contributed by atoms with Crippen LogP contribution >= 0.6 is 11.6 Å². The molecule has 0 radical (unpaired) electrons. The van der Waals surface area contributed by atoms with Crippen LogP contribution in [-0.4, -0.2) is 22.8 Å². The molecule has 17 heavy (non-hydrogen) atoms. The third kappa shape index (κ3) is 3.42. The summed E-state index contributed by atoms with van der Waals surface area (Å²) >= 11 is 5.30. The smallest absolute Gasteiger partial charge is 0.417 e. The molecule has 0 heterocycles. The van der Waals surface area contributed by atoms with Crippen LogP contribution < -0.4 is 4.74 Å². The van der Waals surface area contributed by atoms with Gasteiger partial charge in [0, 0.05) is 6.07 Å². The highest BCUT2D eigenvalue weighted by Gasteiger charge is 2.34. The summed E-state index contributed by atoms with van der Waals surface area (Å²) in [6.45, 7) is -0.869. The van der Waals surface area contributed by atoms with Crippen molar-refractivity contribution in [2.75, 3.05) is 6.61 Å². The van der Waals surface area contributed by atoms with Gasteiger partial charge in [0.15, 0.2) is 18.1 Å².